The van der Waals surface area contributed by atoms with Crippen LogP contribution < -0.4 is 20.7 Å². The van der Waals surface area contributed by atoms with Crippen molar-refractivity contribution in [2.24, 2.45) is 0 Å². The Morgan fingerprint density at radius 1 is 0.912 bits per heavy atom. The van der Waals surface area contributed by atoms with Crippen LogP contribution in [0.25, 0.3) is 0 Å². The molecule has 0 aliphatic carbocycles. The molecule has 3 N–H and O–H groups in total. The molecule has 0 aliphatic heterocycles. The molecular formula is C25H40Cl3N3O2S. The number of ether oxygens (including phenoxy) is 1. The number of methoxy groups -OCH3 is 1. The molecule has 1 rings (SSSR count). The number of benzene rings is 1. The highest BCUT2D eigenvalue weighted by Crippen LogP contribution is 2.29. The monoisotopic (exact) mass is 551 g/mol. The van der Waals surface area contributed by atoms with Crippen molar-refractivity contribution in [2.75, 3.05) is 12.4 Å². The maximum atomic E-state index is 12.4. The lowest BCUT2D eigenvalue weighted by Crippen LogP contribution is -2.56. The molecule has 0 aliphatic rings. The fraction of sp³-hybridized carbons (Fsp3) is 0.680. The van der Waals surface area contributed by atoms with E-state index < -0.39 is 9.96 Å². The maximum absolute atomic E-state index is 12.4. The molecular weight excluding hydrogens is 513 g/mol. The van der Waals surface area contributed by atoms with Gasteiger partial charge in [0.1, 0.15) is 11.9 Å². The van der Waals surface area contributed by atoms with Crippen LogP contribution in [0.3, 0.4) is 0 Å². The summed E-state index contributed by atoms with van der Waals surface area (Å²) >= 11 is 23.5. The molecule has 0 heterocycles. The number of anilines is 1. The topological polar surface area (TPSA) is 62.4 Å². The zero-order valence-corrected chi connectivity index (χ0v) is 23.5. The first-order valence-electron chi connectivity index (χ1n) is 12.3. The van der Waals surface area contributed by atoms with Gasteiger partial charge in [-0.2, -0.15) is 0 Å². The van der Waals surface area contributed by atoms with Gasteiger partial charge in [0.25, 0.3) is 0 Å². The molecule has 1 aromatic rings. The van der Waals surface area contributed by atoms with Crippen LogP contribution in [0.4, 0.5) is 5.69 Å². The number of rotatable bonds is 17. The van der Waals surface area contributed by atoms with Crippen molar-refractivity contribution in [1.29, 1.82) is 0 Å². The van der Waals surface area contributed by atoms with Gasteiger partial charge in [-0.1, -0.05) is 124 Å². The van der Waals surface area contributed by atoms with Crippen molar-refractivity contribution < 1.29 is 9.53 Å². The minimum Gasteiger partial charge on any atom is -0.495 e. The fourth-order valence-electron chi connectivity index (χ4n) is 3.60. The molecule has 0 saturated heterocycles. The van der Waals surface area contributed by atoms with Crippen LogP contribution in [0.15, 0.2) is 24.3 Å². The second-order valence-electron chi connectivity index (χ2n) is 8.48. The quantitative estimate of drug-likeness (QED) is 0.0794. The third kappa shape index (κ3) is 14.4. The van der Waals surface area contributed by atoms with Gasteiger partial charge in [0.05, 0.1) is 12.8 Å². The van der Waals surface area contributed by atoms with Gasteiger partial charge in [-0.25, -0.2) is 0 Å². The van der Waals surface area contributed by atoms with Crippen LogP contribution in [-0.4, -0.2) is 28.1 Å². The van der Waals surface area contributed by atoms with Crippen LogP contribution in [0.2, 0.25) is 0 Å². The van der Waals surface area contributed by atoms with Crippen molar-refractivity contribution in [3.05, 3.63) is 24.3 Å². The van der Waals surface area contributed by atoms with Gasteiger partial charge in [-0.05, 0) is 30.8 Å². The van der Waals surface area contributed by atoms with Gasteiger partial charge >= 0.3 is 0 Å². The molecule has 0 radical (unpaired) electrons. The summed E-state index contributed by atoms with van der Waals surface area (Å²) in [6, 6.07) is 7.30. The summed E-state index contributed by atoms with van der Waals surface area (Å²) in [5.41, 5.74) is 0.661. The number of halogens is 3. The summed E-state index contributed by atoms with van der Waals surface area (Å²) in [4.78, 5) is 12.4. The zero-order valence-electron chi connectivity index (χ0n) is 20.4. The minimum absolute atomic E-state index is 0.184. The van der Waals surface area contributed by atoms with Gasteiger partial charge < -0.3 is 20.7 Å². The first-order valence-corrected chi connectivity index (χ1v) is 13.9. The van der Waals surface area contributed by atoms with Crippen molar-refractivity contribution in [3.8, 4) is 5.75 Å². The predicted octanol–water partition coefficient (Wildman–Crippen LogP) is 7.89. The Balaban J connectivity index is 2.27. The summed E-state index contributed by atoms with van der Waals surface area (Å²) in [6.45, 7) is 2.25. The molecule has 34 heavy (non-hydrogen) atoms. The van der Waals surface area contributed by atoms with Gasteiger partial charge in [-0.15, -0.1) is 0 Å². The summed E-state index contributed by atoms with van der Waals surface area (Å²) in [5, 5.41) is 8.81. The Morgan fingerprint density at radius 2 is 1.44 bits per heavy atom. The van der Waals surface area contributed by atoms with Crippen LogP contribution >= 0.6 is 47.0 Å². The molecule has 194 valence electrons. The molecule has 0 unspecified atom stereocenters. The van der Waals surface area contributed by atoms with Crippen LogP contribution in [0.5, 0.6) is 5.75 Å². The molecule has 0 spiro atoms. The largest absolute Gasteiger partial charge is 0.495 e. The average Bonchev–Trinajstić information content (AvgIpc) is 2.79. The summed E-state index contributed by atoms with van der Waals surface area (Å²) < 4.78 is 3.52. The van der Waals surface area contributed by atoms with E-state index in [-0.39, 0.29) is 11.0 Å². The van der Waals surface area contributed by atoms with Gasteiger partial charge in [0, 0.05) is 6.42 Å². The molecule has 9 heteroatoms. The second-order valence-corrected chi connectivity index (χ2v) is 11.3. The predicted molar refractivity (Wildman–Crippen MR) is 150 cm³/mol. The minimum atomic E-state index is -1.78. The molecule has 5 nitrogen and oxygen atoms in total. The molecule has 0 saturated carbocycles. The number of para-hydroxylation sites is 2. The SMILES string of the molecule is CCCCCCCCCCCCCCC(=O)N[C@H](NC(=S)Nc1ccccc1OC)C(Cl)(Cl)Cl. The molecule has 0 fully saturated rings. The smallest absolute Gasteiger partial charge is 0.228 e. The van der Waals surface area contributed by atoms with Crippen molar-refractivity contribution in [1.82, 2.24) is 10.6 Å². The van der Waals surface area contributed by atoms with Crippen molar-refractivity contribution in [3.63, 3.8) is 0 Å². The average molecular weight is 553 g/mol. The third-order valence-corrected chi connectivity index (χ3v) is 6.40. The summed E-state index contributed by atoms with van der Waals surface area (Å²) in [7, 11) is 1.57. The lowest BCUT2D eigenvalue weighted by molar-refractivity contribution is -0.122. The number of amides is 1. The van der Waals surface area contributed by atoms with E-state index in [2.05, 4.69) is 22.9 Å². The van der Waals surface area contributed by atoms with Crippen LogP contribution in [0, 0.1) is 0 Å². The Morgan fingerprint density at radius 3 is 1.97 bits per heavy atom. The number of hydrogen-bond donors (Lipinski definition) is 3. The van der Waals surface area contributed by atoms with Crippen molar-refractivity contribution in [2.45, 2.75) is 100 Å². The van der Waals surface area contributed by atoms with Crippen LogP contribution in [-0.2, 0) is 4.79 Å². The van der Waals surface area contributed by atoms with Gasteiger partial charge in [0.15, 0.2) is 5.11 Å². The second kappa shape index (κ2) is 18.3. The lowest BCUT2D eigenvalue weighted by atomic mass is 10.0. The Bertz CT molecular complexity index is 717. The highest BCUT2D eigenvalue weighted by Gasteiger charge is 2.34. The number of nitrogens with one attached hydrogen (secondary N) is 3. The number of hydrogen-bond acceptors (Lipinski definition) is 3. The first kappa shape index (κ1) is 31.1. The van der Waals surface area contributed by atoms with E-state index >= 15 is 0 Å². The van der Waals surface area contributed by atoms with E-state index in [1.165, 1.54) is 57.8 Å². The Kier molecular flexibility index (Phi) is 16.8. The Labute approximate surface area is 226 Å². The fourth-order valence-corrected chi connectivity index (χ4v) is 4.15. The maximum Gasteiger partial charge on any atom is 0.228 e. The molecule has 1 aromatic carbocycles. The molecule has 0 bridgehead atoms. The molecule has 1 atom stereocenters. The third-order valence-electron chi connectivity index (χ3n) is 5.52. The van der Waals surface area contributed by atoms with E-state index in [1.807, 2.05) is 18.2 Å². The first-order chi connectivity index (χ1) is 16.3. The van der Waals surface area contributed by atoms with Crippen LogP contribution in [0.1, 0.15) is 90.4 Å². The zero-order chi connectivity index (χ0) is 25.2. The van der Waals surface area contributed by atoms with E-state index in [4.69, 9.17) is 51.8 Å². The van der Waals surface area contributed by atoms with Gasteiger partial charge in [0.2, 0.25) is 9.70 Å². The molecule has 0 aromatic heterocycles. The van der Waals surface area contributed by atoms with E-state index in [1.54, 1.807) is 13.2 Å². The van der Waals surface area contributed by atoms with E-state index in [0.717, 1.165) is 19.3 Å². The number of unbranched alkanes of at least 4 members (excludes halogenated alkanes) is 11. The normalized spacial score (nSPS) is 12.1. The van der Waals surface area contributed by atoms with Crippen molar-refractivity contribution >= 4 is 63.7 Å². The van der Waals surface area contributed by atoms with E-state index in [9.17, 15) is 4.79 Å². The van der Waals surface area contributed by atoms with Gasteiger partial charge in [-0.3, -0.25) is 4.79 Å². The van der Waals surface area contributed by atoms with E-state index in [0.29, 0.717) is 17.9 Å². The molecule has 1 amide bonds. The number of alkyl halides is 3. The highest BCUT2D eigenvalue weighted by atomic mass is 35.6. The number of thiocarbonyl (C=S) groups is 1. The summed E-state index contributed by atoms with van der Waals surface area (Å²) in [6.07, 6.45) is 14.3. The number of carbonyl (C=O) groups excluding carboxylic acids is 1. The summed E-state index contributed by atoms with van der Waals surface area (Å²) in [5.74, 6) is 0.434. The highest BCUT2D eigenvalue weighted by molar-refractivity contribution is 7.80. The lowest BCUT2D eigenvalue weighted by Gasteiger charge is -2.28. The Hall–Kier alpha value is -0.950. The standard InChI is InChI=1S/C25H40Cl3N3O2S/c1-3-4-5-6-7-8-9-10-11-12-13-14-19-22(32)30-23(25(26,27)28)31-24(34)29-20-17-15-16-18-21(20)33-2/h15-18,23H,3-14,19H2,1-2H3,(H,30,32)(H2,29,31,34)/t23-/m1/s1. The number of carbonyl (C=O) groups is 1.